The Kier molecular flexibility index (Phi) is 4.91. The molecule has 1 N–H and O–H groups in total. The maximum atomic E-state index is 10.3. The summed E-state index contributed by atoms with van der Waals surface area (Å²) in [6, 6.07) is 0.531. The molecule has 21 heavy (non-hydrogen) atoms. The van der Waals surface area contributed by atoms with Gasteiger partial charge in [-0.25, -0.2) is 9.67 Å². The number of aryl methyl sites for hydroxylation is 1. The lowest BCUT2D eigenvalue weighted by Crippen LogP contribution is -2.46. The molecule has 0 spiro atoms. The van der Waals surface area contributed by atoms with E-state index in [0.717, 1.165) is 38.3 Å². The second-order valence-corrected chi connectivity index (χ2v) is 6.60. The molecule has 1 saturated heterocycles. The van der Waals surface area contributed by atoms with Crippen LogP contribution >= 0.6 is 0 Å². The number of nitrogens with zero attached hydrogens (tertiary/aromatic N) is 4. The van der Waals surface area contributed by atoms with Crippen LogP contribution in [0.4, 0.5) is 0 Å². The fraction of sp³-hybridized carbons (Fsp3) is 0.875. The molecular weight excluding hydrogens is 264 g/mol. The number of hydrogen-bond acceptors (Lipinski definition) is 4. The predicted octanol–water partition coefficient (Wildman–Crippen LogP) is 2.20. The van der Waals surface area contributed by atoms with E-state index < -0.39 is 0 Å². The smallest absolute Gasteiger partial charge is 0.141 e. The molecule has 1 aliphatic carbocycles. The summed E-state index contributed by atoms with van der Waals surface area (Å²) in [7, 11) is 0. The molecule has 118 valence electrons. The number of piperidine rings is 1. The Morgan fingerprint density at radius 2 is 2.14 bits per heavy atom. The van der Waals surface area contributed by atoms with Crippen molar-refractivity contribution in [3.05, 3.63) is 12.2 Å². The van der Waals surface area contributed by atoms with E-state index in [1.54, 1.807) is 6.33 Å². The van der Waals surface area contributed by atoms with Crippen LogP contribution in [0.15, 0.2) is 6.33 Å². The molecule has 5 nitrogen and oxygen atoms in total. The summed E-state index contributed by atoms with van der Waals surface area (Å²) >= 11 is 0. The van der Waals surface area contributed by atoms with Gasteiger partial charge in [0.05, 0.1) is 12.6 Å². The van der Waals surface area contributed by atoms with Crippen LogP contribution in [0.1, 0.15) is 57.7 Å². The van der Waals surface area contributed by atoms with Crippen LogP contribution in [-0.2, 0) is 13.1 Å². The first-order valence-electron chi connectivity index (χ1n) is 8.58. The Bertz CT molecular complexity index is 447. The molecule has 5 heteroatoms. The SMILES string of the molecule is CCCn1ncnc1CN1CCCCC1C1CCCC1O. The van der Waals surface area contributed by atoms with Crippen molar-refractivity contribution < 1.29 is 5.11 Å². The minimum atomic E-state index is -0.0934. The predicted molar refractivity (Wildman–Crippen MR) is 81.7 cm³/mol. The van der Waals surface area contributed by atoms with Crippen molar-refractivity contribution in [3.8, 4) is 0 Å². The third-order valence-corrected chi connectivity index (χ3v) is 5.17. The highest BCUT2D eigenvalue weighted by molar-refractivity contribution is 4.93. The van der Waals surface area contributed by atoms with Gasteiger partial charge in [0.25, 0.3) is 0 Å². The maximum Gasteiger partial charge on any atom is 0.141 e. The fourth-order valence-electron chi connectivity index (χ4n) is 4.11. The quantitative estimate of drug-likeness (QED) is 0.904. The van der Waals surface area contributed by atoms with E-state index in [4.69, 9.17) is 0 Å². The van der Waals surface area contributed by atoms with Crippen molar-refractivity contribution in [3.63, 3.8) is 0 Å². The van der Waals surface area contributed by atoms with Crippen molar-refractivity contribution in [1.29, 1.82) is 0 Å². The van der Waals surface area contributed by atoms with Gasteiger partial charge in [-0.2, -0.15) is 5.10 Å². The summed E-state index contributed by atoms with van der Waals surface area (Å²) in [6.07, 6.45) is 9.81. The van der Waals surface area contributed by atoms with Gasteiger partial charge in [-0.15, -0.1) is 0 Å². The van der Waals surface area contributed by atoms with Crippen molar-refractivity contribution in [2.24, 2.45) is 5.92 Å². The summed E-state index contributed by atoms with van der Waals surface area (Å²) < 4.78 is 2.04. The topological polar surface area (TPSA) is 54.2 Å². The molecule has 0 aromatic carbocycles. The number of hydrogen-bond donors (Lipinski definition) is 1. The van der Waals surface area contributed by atoms with Crippen LogP contribution in [0.25, 0.3) is 0 Å². The minimum Gasteiger partial charge on any atom is -0.393 e. The van der Waals surface area contributed by atoms with Crippen molar-refractivity contribution in [2.75, 3.05) is 6.54 Å². The Balaban J connectivity index is 1.70. The molecule has 1 aromatic rings. The molecule has 0 bridgehead atoms. The molecule has 1 aromatic heterocycles. The first kappa shape index (κ1) is 15.0. The van der Waals surface area contributed by atoms with Crippen molar-refractivity contribution in [2.45, 2.75) is 77.1 Å². The van der Waals surface area contributed by atoms with Gasteiger partial charge < -0.3 is 5.11 Å². The highest BCUT2D eigenvalue weighted by Gasteiger charge is 2.37. The Hall–Kier alpha value is -0.940. The molecule has 0 radical (unpaired) electrons. The van der Waals surface area contributed by atoms with Gasteiger partial charge in [-0.05, 0) is 38.6 Å². The number of aliphatic hydroxyl groups is 1. The lowest BCUT2D eigenvalue weighted by atomic mass is 9.88. The van der Waals surface area contributed by atoms with Crippen LogP contribution < -0.4 is 0 Å². The van der Waals surface area contributed by atoms with Gasteiger partial charge >= 0.3 is 0 Å². The summed E-state index contributed by atoms with van der Waals surface area (Å²) in [5, 5.41) is 14.6. The average molecular weight is 292 g/mol. The van der Waals surface area contributed by atoms with E-state index in [9.17, 15) is 5.11 Å². The first-order valence-corrected chi connectivity index (χ1v) is 8.58. The Morgan fingerprint density at radius 1 is 1.24 bits per heavy atom. The van der Waals surface area contributed by atoms with E-state index >= 15 is 0 Å². The van der Waals surface area contributed by atoms with Gasteiger partial charge in [0.15, 0.2) is 0 Å². The van der Waals surface area contributed by atoms with Gasteiger partial charge in [0.1, 0.15) is 12.2 Å². The van der Waals surface area contributed by atoms with Gasteiger partial charge in [-0.1, -0.05) is 19.8 Å². The third kappa shape index (κ3) is 3.29. The number of rotatable bonds is 5. The van der Waals surface area contributed by atoms with E-state index in [1.807, 2.05) is 4.68 Å². The highest BCUT2D eigenvalue weighted by Crippen LogP contribution is 2.35. The van der Waals surface area contributed by atoms with Gasteiger partial charge in [0, 0.05) is 18.5 Å². The molecule has 3 unspecified atom stereocenters. The van der Waals surface area contributed by atoms with E-state index in [2.05, 4.69) is 21.9 Å². The summed E-state index contributed by atoms with van der Waals surface area (Å²) in [5.74, 6) is 1.55. The zero-order chi connectivity index (χ0) is 14.7. The molecule has 3 atom stereocenters. The molecule has 3 rings (SSSR count). The van der Waals surface area contributed by atoms with Gasteiger partial charge in [-0.3, -0.25) is 4.90 Å². The lowest BCUT2D eigenvalue weighted by Gasteiger charge is -2.40. The number of aromatic nitrogens is 3. The molecule has 1 aliphatic heterocycles. The lowest BCUT2D eigenvalue weighted by molar-refractivity contribution is 0.0293. The zero-order valence-electron chi connectivity index (χ0n) is 13.1. The van der Waals surface area contributed by atoms with Crippen LogP contribution in [-0.4, -0.2) is 43.5 Å². The second-order valence-electron chi connectivity index (χ2n) is 6.60. The van der Waals surface area contributed by atoms with Gasteiger partial charge in [0.2, 0.25) is 0 Å². The maximum absolute atomic E-state index is 10.3. The third-order valence-electron chi connectivity index (χ3n) is 5.17. The number of likely N-dealkylation sites (tertiary alicyclic amines) is 1. The van der Waals surface area contributed by atoms with Crippen LogP contribution in [0, 0.1) is 5.92 Å². The summed E-state index contributed by atoms with van der Waals surface area (Å²) in [4.78, 5) is 7.01. The Morgan fingerprint density at radius 3 is 2.90 bits per heavy atom. The van der Waals surface area contributed by atoms with E-state index in [1.165, 1.54) is 32.1 Å². The molecule has 2 fully saturated rings. The van der Waals surface area contributed by atoms with Crippen LogP contribution in [0.3, 0.4) is 0 Å². The average Bonchev–Trinajstić information content (AvgIpc) is 3.10. The minimum absolute atomic E-state index is 0.0934. The van der Waals surface area contributed by atoms with Crippen LogP contribution in [0.2, 0.25) is 0 Å². The molecule has 2 heterocycles. The van der Waals surface area contributed by atoms with Crippen molar-refractivity contribution in [1.82, 2.24) is 19.7 Å². The largest absolute Gasteiger partial charge is 0.393 e. The number of aliphatic hydroxyl groups excluding tert-OH is 1. The molecule has 1 saturated carbocycles. The van der Waals surface area contributed by atoms with Crippen molar-refractivity contribution >= 4 is 0 Å². The summed E-state index contributed by atoms with van der Waals surface area (Å²) in [5.41, 5.74) is 0. The molecule has 0 amide bonds. The van der Waals surface area contributed by atoms with E-state index in [0.29, 0.717) is 12.0 Å². The Labute approximate surface area is 127 Å². The fourth-order valence-corrected chi connectivity index (χ4v) is 4.11. The van der Waals surface area contributed by atoms with E-state index in [-0.39, 0.29) is 6.10 Å². The molecular formula is C16H28N4O. The van der Waals surface area contributed by atoms with Crippen LogP contribution in [0.5, 0.6) is 0 Å². The first-order chi connectivity index (χ1) is 10.3. The standard InChI is InChI=1S/C16H28N4O/c1-2-9-20-16(17-12-18-20)11-19-10-4-3-7-14(19)13-6-5-8-15(13)21/h12-15,21H,2-11H2,1H3. The second kappa shape index (κ2) is 6.88. The zero-order valence-corrected chi connectivity index (χ0v) is 13.1. The monoisotopic (exact) mass is 292 g/mol. The summed E-state index contributed by atoms with van der Waals surface area (Å²) in [6.45, 7) is 5.13. The highest BCUT2D eigenvalue weighted by atomic mass is 16.3. The normalized spacial score (nSPS) is 30.9. The molecule has 2 aliphatic rings.